The third-order valence-corrected chi connectivity index (χ3v) is 5.15. The van der Waals surface area contributed by atoms with Crippen LogP contribution in [-0.4, -0.2) is 22.4 Å². The molecule has 146 valence electrons. The molecular formula is C23H21N3O3. The van der Waals surface area contributed by atoms with Crippen LogP contribution in [0.15, 0.2) is 60.3 Å². The van der Waals surface area contributed by atoms with Gasteiger partial charge in [-0.15, -0.1) is 0 Å². The number of urea groups is 1. The molecule has 0 spiro atoms. The molecule has 1 N–H and O–H groups in total. The van der Waals surface area contributed by atoms with Gasteiger partial charge in [0.2, 0.25) is 0 Å². The summed E-state index contributed by atoms with van der Waals surface area (Å²) in [7, 11) is 1.90. The number of rotatable bonds is 3. The van der Waals surface area contributed by atoms with Crippen LogP contribution in [0, 0.1) is 0 Å². The molecule has 1 fully saturated rings. The Labute approximate surface area is 168 Å². The minimum atomic E-state index is -0.743. The molecule has 6 heteroatoms. The van der Waals surface area contributed by atoms with Crippen LogP contribution in [0.4, 0.5) is 10.5 Å². The second-order valence-electron chi connectivity index (χ2n) is 7.42. The number of hydrogen-bond acceptors (Lipinski definition) is 3. The van der Waals surface area contributed by atoms with Crippen LogP contribution in [0.25, 0.3) is 17.0 Å². The molecule has 1 saturated heterocycles. The summed E-state index contributed by atoms with van der Waals surface area (Å²) < 4.78 is 1.93. The van der Waals surface area contributed by atoms with E-state index >= 15 is 0 Å². The summed E-state index contributed by atoms with van der Waals surface area (Å²) in [6.45, 7) is 4.13. The van der Waals surface area contributed by atoms with Crippen molar-refractivity contribution < 1.29 is 14.4 Å². The van der Waals surface area contributed by atoms with E-state index in [-0.39, 0.29) is 5.57 Å². The summed E-state index contributed by atoms with van der Waals surface area (Å²) in [5, 5.41) is 3.20. The van der Waals surface area contributed by atoms with E-state index in [2.05, 4.69) is 19.2 Å². The molecule has 0 radical (unpaired) electrons. The fourth-order valence-corrected chi connectivity index (χ4v) is 3.54. The lowest BCUT2D eigenvalue weighted by molar-refractivity contribution is -0.122. The number of aromatic nitrogens is 1. The summed E-state index contributed by atoms with van der Waals surface area (Å²) in [5.74, 6) is -0.995. The number of hydrogen-bond donors (Lipinski definition) is 1. The van der Waals surface area contributed by atoms with E-state index in [1.165, 1.54) is 0 Å². The zero-order chi connectivity index (χ0) is 20.7. The van der Waals surface area contributed by atoms with Gasteiger partial charge in [-0.25, -0.2) is 9.69 Å². The molecule has 1 aliphatic rings. The van der Waals surface area contributed by atoms with Gasteiger partial charge < -0.3 is 4.57 Å². The average Bonchev–Trinajstić information content (AvgIpc) is 3.01. The molecule has 0 unspecified atom stereocenters. The van der Waals surface area contributed by atoms with Gasteiger partial charge in [0.1, 0.15) is 5.57 Å². The Morgan fingerprint density at radius 1 is 0.966 bits per heavy atom. The highest BCUT2D eigenvalue weighted by molar-refractivity contribution is 6.39. The molecule has 2 heterocycles. The number of amides is 4. The van der Waals surface area contributed by atoms with Crippen molar-refractivity contribution >= 4 is 40.5 Å². The lowest BCUT2D eigenvalue weighted by Gasteiger charge is -2.26. The number of carbonyl (C=O) groups is 3. The van der Waals surface area contributed by atoms with E-state index in [9.17, 15) is 14.4 Å². The number of nitrogens with one attached hydrogen (secondary N) is 1. The number of barbiturate groups is 1. The normalized spacial score (nSPS) is 16.2. The van der Waals surface area contributed by atoms with Crippen molar-refractivity contribution in [1.82, 2.24) is 9.88 Å². The monoisotopic (exact) mass is 387 g/mol. The zero-order valence-electron chi connectivity index (χ0n) is 16.5. The Morgan fingerprint density at radius 2 is 1.66 bits per heavy atom. The highest BCUT2D eigenvalue weighted by atomic mass is 16.2. The van der Waals surface area contributed by atoms with Crippen molar-refractivity contribution in [3.05, 3.63) is 71.4 Å². The fraction of sp³-hybridized carbons (Fsp3) is 0.174. The zero-order valence-corrected chi connectivity index (χ0v) is 16.5. The third kappa shape index (κ3) is 3.23. The van der Waals surface area contributed by atoms with Crippen molar-refractivity contribution in [2.45, 2.75) is 19.8 Å². The maximum absolute atomic E-state index is 13.1. The van der Waals surface area contributed by atoms with E-state index in [4.69, 9.17) is 0 Å². The second-order valence-corrected chi connectivity index (χ2v) is 7.42. The van der Waals surface area contributed by atoms with Gasteiger partial charge in [0.05, 0.1) is 5.69 Å². The molecule has 4 amide bonds. The predicted octanol–water partition coefficient (Wildman–Crippen LogP) is 3.97. The minimum Gasteiger partial charge on any atom is -0.350 e. The van der Waals surface area contributed by atoms with Gasteiger partial charge in [0.15, 0.2) is 0 Å². The third-order valence-electron chi connectivity index (χ3n) is 5.15. The number of nitrogens with zero attached hydrogens (tertiary/aromatic N) is 2. The topological polar surface area (TPSA) is 71.4 Å². The first-order chi connectivity index (χ1) is 13.9. The van der Waals surface area contributed by atoms with Crippen molar-refractivity contribution in [3.63, 3.8) is 0 Å². The number of para-hydroxylation sites is 1. The summed E-state index contributed by atoms with van der Waals surface area (Å²) in [4.78, 5) is 38.9. The number of aryl methyl sites for hydroxylation is 1. The van der Waals surface area contributed by atoms with Crippen molar-refractivity contribution in [3.8, 4) is 0 Å². The lowest BCUT2D eigenvalue weighted by Crippen LogP contribution is -2.54. The maximum Gasteiger partial charge on any atom is 0.335 e. The summed E-state index contributed by atoms with van der Waals surface area (Å²) in [6.07, 6.45) is 3.40. The summed E-state index contributed by atoms with van der Waals surface area (Å²) in [5.41, 5.74) is 3.18. The molecule has 1 aliphatic heterocycles. The first-order valence-corrected chi connectivity index (χ1v) is 9.42. The van der Waals surface area contributed by atoms with Crippen LogP contribution in [-0.2, 0) is 16.6 Å². The molecule has 4 rings (SSSR count). The Balaban J connectivity index is 1.76. The molecule has 0 saturated carbocycles. The summed E-state index contributed by atoms with van der Waals surface area (Å²) >= 11 is 0. The van der Waals surface area contributed by atoms with E-state index < -0.39 is 17.8 Å². The Morgan fingerprint density at radius 3 is 2.34 bits per heavy atom. The van der Waals surface area contributed by atoms with E-state index in [0.29, 0.717) is 11.6 Å². The number of carbonyl (C=O) groups excluding carboxylic acids is 3. The van der Waals surface area contributed by atoms with Gasteiger partial charge in [-0.1, -0.05) is 44.2 Å². The minimum absolute atomic E-state index is 0.0751. The molecule has 1 aromatic heterocycles. The molecule has 3 aromatic rings. The largest absolute Gasteiger partial charge is 0.350 e. The Hall–Kier alpha value is -3.67. The van der Waals surface area contributed by atoms with Gasteiger partial charge in [-0.3, -0.25) is 14.9 Å². The van der Waals surface area contributed by atoms with Gasteiger partial charge in [-0.05, 0) is 35.8 Å². The van der Waals surface area contributed by atoms with E-state index in [1.807, 2.05) is 54.2 Å². The Kier molecular flexibility index (Phi) is 4.54. The molecular weight excluding hydrogens is 366 g/mol. The van der Waals surface area contributed by atoms with Crippen LogP contribution in [0.3, 0.4) is 0 Å². The second kappa shape index (κ2) is 7.05. The van der Waals surface area contributed by atoms with Crippen LogP contribution < -0.4 is 10.2 Å². The molecule has 0 aliphatic carbocycles. The lowest BCUT2D eigenvalue weighted by atomic mass is 10.0. The maximum atomic E-state index is 13.1. The number of benzene rings is 2. The SMILES string of the molecule is CC(C)c1ccc(N2C(=O)NC(=O)C(=Cc3cn(C)c4ccccc34)C2=O)cc1. The first kappa shape index (κ1) is 18.7. The molecule has 0 atom stereocenters. The number of anilines is 1. The predicted molar refractivity (Wildman–Crippen MR) is 112 cm³/mol. The van der Waals surface area contributed by atoms with Gasteiger partial charge >= 0.3 is 6.03 Å². The highest BCUT2D eigenvalue weighted by Crippen LogP contribution is 2.27. The van der Waals surface area contributed by atoms with Gasteiger partial charge in [-0.2, -0.15) is 0 Å². The van der Waals surface area contributed by atoms with Gasteiger partial charge in [0, 0.05) is 29.7 Å². The first-order valence-electron chi connectivity index (χ1n) is 9.42. The van der Waals surface area contributed by atoms with E-state index in [1.54, 1.807) is 18.2 Å². The number of imide groups is 2. The number of fused-ring (bicyclic) bond motifs is 1. The molecule has 0 bridgehead atoms. The standard InChI is InChI=1S/C23H21N3O3/c1-14(2)15-8-10-17(11-9-15)26-22(28)19(21(27)24-23(26)29)12-16-13-25(3)20-7-5-4-6-18(16)20/h4-14H,1-3H3,(H,24,27,29). The highest BCUT2D eigenvalue weighted by Gasteiger charge is 2.37. The van der Waals surface area contributed by atoms with Crippen molar-refractivity contribution in [2.75, 3.05) is 4.90 Å². The molecule has 6 nitrogen and oxygen atoms in total. The molecule has 2 aromatic carbocycles. The smallest absolute Gasteiger partial charge is 0.335 e. The van der Waals surface area contributed by atoms with Crippen LogP contribution >= 0.6 is 0 Å². The van der Waals surface area contributed by atoms with Gasteiger partial charge in [0.25, 0.3) is 11.8 Å². The Bertz CT molecular complexity index is 1170. The van der Waals surface area contributed by atoms with Crippen molar-refractivity contribution in [2.24, 2.45) is 7.05 Å². The van der Waals surface area contributed by atoms with E-state index in [0.717, 1.165) is 26.9 Å². The van der Waals surface area contributed by atoms with Crippen LogP contribution in [0.2, 0.25) is 0 Å². The van der Waals surface area contributed by atoms with Crippen LogP contribution in [0.5, 0.6) is 0 Å². The quantitative estimate of drug-likeness (QED) is 0.546. The molecule has 29 heavy (non-hydrogen) atoms. The average molecular weight is 387 g/mol. The fourth-order valence-electron chi connectivity index (χ4n) is 3.54. The van der Waals surface area contributed by atoms with Crippen molar-refractivity contribution in [1.29, 1.82) is 0 Å². The summed E-state index contributed by atoms with van der Waals surface area (Å²) in [6, 6.07) is 14.2. The van der Waals surface area contributed by atoms with Crippen LogP contribution in [0.1, 0.15) is 30.9 Å².